The summed E-state index contributed by atoms with van der Waals surface area (Å²) in [4.78, 5) is 4.14. The quantitative estimate of drug-likeness (QED) is 0.764. The normalized spacial score (nSPS) is 10.8. The van der Waals surface area contributed by atoms with E-state index in [9.17, 15) is 4.39 Å². The van der Waals surface area contributed by atoms with E-state index in [0.717, 1.165) is 5.56 Å². The summed E-state index contributed by atoms with van der Waals surface area (Å²) in [7, 11) is 1.43. The largest absolute Gasteiger partial charge is 0.494 e. The summed E-state index contributed by atoms with van der Waals surface area (Å²) in [5, 5.41) is 4.02. The van der Waals surface area contributed by atoms with Crippen molar-refractivity contribution in [3.63, 3.8) is 0 Å². The lowest BCUT2D eigenvalue weighted by molar-refractivity contribution is 0.386. The van der Waals surface area contributed by atoms with Crippen LogP contribution in [-0.2, 0) is 0 Å². The predicted molar refractivity (Wildman–Crippen MR) is 69.3 cm³/mol. The highest BCUT2D eigenvalue weighted by atomic mass is 19.1. The zero-order valence-corrected chi connectivity index (χ0v) is 10.2. The maximum absolute atomic E-state index is 13.7. The second kappa shape index (κ2) is 4.24. The third-order valence-electron chi connectivity index (χ3n) is 2.84. The van der Waals surface area contributed by atoms with Crippen LogP contribution in [0, 0.1) is 5.82 Å². The highest BCUT2D eigenvalue weighted by Gasteiger charge is 2.10. The van der Waals surface area contributed by atoms with Crippen molar-refractivity contribution in [3.05, 3.63) is 42.3 Å². The molecule has 0 amide bonds. The van der Waals surface area contributed by atoms with E-state index in [1.807, 2.05) is 6.07 Å². The molecular formula is C13H11FN4O. The third kappa shape index (κ3) is 1.87. The van der Waals surface area contributed by atoms with Gasteiger partial charge in [0.05, 0.1) is 7.11 Å². The topological polar surface area (TPSA) is 65.4 Å². The first-order valence-electron chi connectivity index (χ1n) is 5.64. The summed E-state index contributed by atoms with van der Waals surface area (Å²) in [6.45, 7) is 0. The molecule has 0 unspecified atom stereocenters. The molecule has 5 nitrogen and oxygen atoms in total. The number of pyridine rings is 1. The fourth-order valence-corrected chi connectivity index (χ4v) is 1.98. The number of nitrogens with zero attached hydrogens (tertiary/aromatic N) is 3. The molecule has 0 atom stereocenters. The number of ether oxygens (including phenoxy) is 1. The monoisotopic (exact) mass is 258 g/mol. The lowest BCUT2D eigenvalue weighted by Gasteiger charge is -2.06. The first-order chi connectivity index (χ1) is 9.19. The van der Waals surface area contributed by atoms with Crippen LogP contribution in [0.5, 0.6) is 5.75 Å². The van der Waals surface area contributed by atoms with E-state index in [0.29, 0.717) is 11.2 Å². The van der Waals surface area contributed by atoms with Crippen molar-refractivity contribution in [3.8, 4) is 16.9 Å². The van der Waals surface area contributed by atoms with Crippen molar-refractivity contribution in [1.29, 1.82) is 0 Å². The van der Waals surface area contributed by atoms with Gasteiger partial charge in [-0.2, -0.15) is 4.98 Å². The number of benzene rings is 1. The number of nitrogens with two attached hydrogens (primary N) is 1. The predicted octanol–water partition coefficient (Wildman–Crippen LogP) is 2.13. The molecule has 0 bridgehead atoms. The summed E-state index contributed by atoms with van der Waals surface area (Å²) in [5.41, 5.74) is 7.61. The van der Waals surface area contributed by atoms with E-state index in [4.69, 9.17) is 10.5 Å². The van der Waals surface area contributed by atoms with Crippen molar-refractivity contribution < 1.29 is 9.13 Å². The van der Waals surface area contributed by atoms with Gasteiger partial charge in [-0.05, 0) is 29.8 Å². The minimum atomic E-state index is -0.422. The molecule has 19 heavy (non-hydrogen) atoms. The van der Waals surface area contributed by atoms with E-state index >= 15 is 0 Å². The summed E-state index contributed by atoms with van der Waals surface area (Å²) < 4.78 is 20.2. The number of fused-ring (bicyclic) bond motifs is 1. The molecule has 6 heteroatoms. The Kier molecular flexibility index (Phi) is 2.56. The smallest absolute Gasteiger partial charge is 0.240 e. The molecule has 0 aliphatic rings. The van der Waals surface area contributed by atoms with Gasteiger partial charge in [-0.15, -0.1) is 5.10 Å². The number of aromatic nitrogens is 3. The Labute approximate surface area is 108 Å². The summed E-state index contributed by atoms with van der Waals surface area (Å²) in [6, 6.07) is 8.39. The van der Waals surface area contributed by atoms with Gasteiger partial charge in [0.1, 0.15) is 0 Å². The molecule has 0 fully saturated rings. The van der Waals surface area contributed by atoms with Gasteiger partial charge in [-0.1, -0.05) is 6.07 Å². The molecule has 3 aromatic rings. The van der Waals surface area contributed by atoms with E-state index in [1.54, 1.807) is 28.9 Å². The number of hydrogen-bond donors (Lipinski definition) is 1. The molecule has 0 saturated heterocycles. The van der Waals surface area contributed by atoms with Gasteiger partial charge < -0.3 is 10.5 Å². The maximum Gasteiger partial charge on any atom is 0.240 e. The standard InChI is InChI=1S/C13H11FN4O/c1-19-11-5-4-8(7-10(11)14)9-3-2-6-18-12(9)16-13(15)17-18/h2-7H,1H3,(H2,15,17). The molecule has 0 aliphatic carbocycles. The molecule has 0 saturated carbocycles. The Morgan fingerprint density at radius 1 is 1.32 bits per heavy atom. The molecule has 3 rings (SSSR count). The number of nitrogen functional groups attached to an aromatic ring is 1. The fourth-order valence-electron chi connectivity index (χ4n) is 1.98. The van der Waals surface area contributed by atoms with Gasteiger partial charge in [-0.3, -0.25) is 0 Å². The number of halogens is 1. The first-order valence-corrected chi connectivity index (χ1v) is 5.64. The van der Waals surface area contributed by atoms with Crippen LogP contribution in [0.3, 0.4) is 0 Å². The van der Waals surface area contributed by atoms with E-state index in [-0.39, 0.29) is 11.7 Å². The van der Waals surface area contributed by atoms with E-state index in [1.165, 1.54) is 13.2 Å². The van der Waals surface area contributed by atoms with Crippen LogP contribution in [0.2, 0.25) is 0 Å². The van der Waals surface area contributed by atoms with Gasteiger partial charge in [0, 0.05) is 11.8 Å². The van der Waals surface area contributed by atoms with Crippen molar-refractivity contribution in [2.45, 2.75) is 0 Å². The lowest BCUT2D eigenvalue weighted by atomic mass is 10.1. The van der Waals surface area contributed by atoms with Gasteiger partial charge in [0.25, 0.3) is 0 Å². The first kappa shape index (κ1) is 11.5. The van der Waals surface area contributed by atoms with Crippen molar-refractivity contribution in [2.75, 3.05) is 12.8 Å². The lowest BCUT2D eigenvalue weighted by Crippen LogP contribution is -1.92. The molecule has 96 valence electrons. The minimum absolute atomic E-state index is 0.182. The Bertz CT molecular complexity index is 753. The van der Waals surface area contributed by atoms with E-state index < -0.39 is 5.82 Å². The number of hydrogen-bond acceptors (Lipinski definition) is 4. The Balaban J connectivity index is 2.21. The summed E-state index contributed by atoms with van der Waals surface area (Å²) >= 11 is 0. The minimum Gasteiger partial charge on any atom is -0.494 e. The molecule has 2 N–H and O–H groups in total. The molecule has 0 aliphatic heterocycles. The number of rotatable bonds is 2. The van der Waals surface area contributed by atoms with E-state index in [2.05, 4.69) is 10.1 Å². The Hall–Kier alpha value is -2.63. The highest BCUT2D eigenvalue weighted by Crippen LogP contribution is 2.27. The third-order valence-corrected chi connectivity index (χ3v) is 2.84. The molecular weight excluding hydrogens is 247 g/mol. The number of anilines is 1. The van der Waals surface area contributed by atoms with Crippen molar-refractivity contribution >= 4 is 11.6 Å². The Morgan fingerprint density at radius 3 is 2.89 bits per heavy atom. The van der Waals surface area contributed by atoms with Gasteiger partial charge in [-0.25, -0.2) is 8.91 Å². The molecule has 2 heterocycles. The average molecular weight is 258 g/mol. The van der Waals surface area contributed by atoms with Crippen molar-refractivity contribution in [1.82, 2.24) is 14.6 Å². The molecule has 2 aromatic heterocycles. The number of methoxy groups -OCH3 is 1. The summed E-state index contributed by atoms with van der Waals surface area (Å²) in [5.74, 6) is -0.0346. The van der Waals surface area contributed by atoms with Crippen LogP contribution in [-0.4, -0.2) is 21.7 Å². The van der Waals surface area contributed by atoms with Crippen LogP contribution < -0.4 is 10.5 Å². The highest BCUT2D eigenvalue weighted by molar-refractivity contribution is 5.78. The zero-order valence-electron chi connectivity index (χ0n) is 10.2. The van der Waals surface area contributed by atoms with Crippen LogP contribution in [0.1, 0.15) is 0 Å². The van der Waals surface area contributed by atoms with Gasteiger partial charge in [0.2, 0.25) is 5.95 Å². The van der Waals surface area contributed by atoms with Crippen LogP contribution in [0.4, 0.5) is 10.3 Å². The van der Waals surface area contributed by atoms with Crippen LogP contribution in [0.25, 0.3) is 16.8 Å². The van der Waals surface area contributed by atoms with Crippen LogP contribution >= 0.6 is 0 Å². The zero-order chi connectivity index (χ0) is 13.4. The average Bonchev–Trinajstić information content (AvgIpc) is 2.78. The maximum atomic E-state index is 13.7. The van der Waals surface area contributed by atoms with Gasteiger partial charge >= 0.3 is 0 Å². The second-order valence-corrected chi connectivity index (χ2v) is 4.01. The second-order valence-electron chi connectivity index (χ2n) is 4.01. The SMILES string of the molecule is COc1ccc(-c2cccn3nc(N)nc23)cc1F. The molecule has 1 aromatic carbocycles. The van der Waals surface area contributed by atoms with Crippen LogP contribution in [0.15, 0.2) is 36.5 Å². The van der Waals surface area contributed by atoms with Crippen molar-refractivity contribution in [2.24, 2.45) is 0 Å². The summed E-state index contributed by atoms with van der Waals surface area (Å²) in [6.07, 6.45) is 1.74. The molecule has 0 radical (unpaired) electrons. The Morgan fingerprint density at radius 2 is 2.16 bits per heavy atom. The van der Waals surface area contributed by atoms with Gasteiger partial charge in [0.15, 0.2) is 17.2 Å². The fraction of sp³-hybridized carbons (Fsp3) is 0.0769. The molecule has 0 spiro atoms.